The van der Waals surface area contributed by atoms with Gasteiger partial charge in [-0.05, 0) is 20.8 Å². The van der Waals surface area contributed by atoms with Gasteiger partial charge in [-0.1, -0.05) is 0 Å². The van der Waals surface area contributed by atoms with E-state index in [1.54, 1.807) is 25.9 Å². The molecule has 17 heavy (non-hydrogen) atoms. The van der Waals surface area contributed by atoms with Crippen molar-refractivity contribution in [1.82, 2.24) is 9.80 Å². The highest BCUT2D eigenvalue weighted by Crippen LogP contribution is 2.04. The van der Waals surface area contributed by atoms with Gasteiger partial charge < -0.3 is 19.6 Å². The number of rotatable bonds is 7. The Hall–Kier alpha value is -1.30. The normalized spacial score (nSPS) is 10.4. The number of methoxy groups -OCH3 is 1. The molecule has 0 aliphatic heterocycles. The molecule has 0 aromatic heterocycles. The number of amides is 2. The number of carboxylic acid groups (broad SMARTS) is 1. The van der Waals surface area contributed by atoms with Gasteiger partial charge in [0.15, 0.2) is 0 Å². The Morgan fingerprint density at radius 3 is 2.29 bits per heavy atom. The predicted octanol–water partition coefficient (Wildman–Crippen LogP) is 0.870. The second-order valence-corrected chi connectivity index (χ2v) is 3.97. The van der Waals surface area contributed by atoms with Gasteiger partial charge in [-0.3, -0.25) is 4.79 Å². The Bertz CT molecular complexity index is 256. The first-order valence-corrected chi connectivity index (χ1v) is 5.70. The number of aliphatic carboxylic acids is 1. The third kappa shape index (κ3) is 5.53. The van der Waals surface area contributed by atoms with Crippen LogP contribution in [0.25, 0.3) is 0 Å². The summed E-state index contributed by atoms with van der Waals surface area (Å²) in [5, 5.41) is 8.78. The van der Waals surface area contributed by atoms with E-state index < -0.39 is 5.97 Å². The number of nitrogens with zero attached hydrogens (tertiary/aromatic N) is 2. The minimum atomic E-state index is -1.00. The molecular weight excluding hydrogens is 224 g/mol. The molecule has 0 heterocycles. The summed E-state index contributed by atoms with van der Waals surface area (Å²) in [6, 6.07) is -0.405. The monoisotopic (exact) mass is 246 g/mol. The topological polar surface area (TPSA) is 70.1 Å². The van der Waals surface area contributed by atoms with E-state index >= 15 is 0 Å². The number of hydrogen-bond acceptors (Lipinski definition) is 3. The van der Waals surface area contributed by atoms with E-state index in [2.05, 4.69) is 0 Å². The number of ether oxygens (including phenoxy) is 1. The second kappa shape index (κ2) is 7.89. The number of likely N-dealkylation sites (N-methyl/N-ethyl adjacent to an activating group) is 1. The van der Waals surface area contributed by atoms with Crippen molar-refractivity contribution >= 4 is 12.0 Å². The van der Waals surface area contributed by atoms with Crippen LogP contribution >= 0.6 is 0 Å². The molecule has 0 bridgehead atoms. The van der Waals surface area contributed by atoms with Crippen molar-refractivity contribution in [1.29, 1.82) is 0 Å². The van der Waals surface area contributed by atoms with Crippen molar-refractivity contribution in [3.63, 3.8) is 0 Å². The van der Waals surface area contributed by atoms with Gasteiger partial charge in [0.05, 0.1) is 6.61 Å². The molecule has 0 aromatic rings. The Morgan fingerprint density at radius 1 is 1.35 bits per heavy atom. The zero-order valence-electron chi connectivity index (χ0n) is 11.0. The Kier molecular flexibility index (Phi) is 7.29. The fraction of sp³-hybridized carbons (Fsp3) is 0.818. The van der Waals surface area contributed by atoms with Crippen molar-refractivity contribution < 1.29 is 19.4 Å². The molecule has 0 saturated carbocycles. The van der Waals surface area contributed by atoms with E-state index in [0.29, 0.717) is 19.7 Å². The lowest BCUT2D eigenvalue weighted by Gasteiger charge is -2.31. The maximum absolute atomic E-state index is 12.1. The zero-order chi connectivity index (χ0) is 13.4. The van der Waals surface area contributed by atoms with E-state index in [1.165, 1.54) is 4.90 Å². The summed E-state index contributed by atoms with van der Waals surface area (Å²) in [4.78, 5) is 25.7. The predicted molar refractivity (Wildman–Crippen MR) is 64.0 cm³/mol. The molecule has 0 aromatic carbocycles. The molecule has 0 fully saturated rings. The summed E-state index contributed by atoms with van der Waals surface area (Å²) >= 11 is 0. The maximum atomic E-state index is 12.1. The third-order valence-electron chi connectivity index (χ3n) is 2.39. The summed E-state index contributed by atoms with van der Waals surface area (Å²) in [6.45, 7) is 6.61. The largest absolute Gasteiger partial charge is 0.480 e. The molecular formula is C11H22N2O4. The average molecular weight is 246 g/mol. The molecule has 0 aliphatic carbocycles. The van der Waals surface area contributed by atoms with Crippen LogP contribution in [0.1, 0.15) is 20.8 Å². The van der Waals surface area contributed by atoms with Crippen LogP contribution in [0.2, 0.25) is 0 Å². The minimum Gasteiger partial charge on any atom is -0.480 e. The zero-order valence-corrected chi connectivity index (χ0v) is 11.0. The first-order chi connectivity index (χ1) is 7.93. The van der Waals surface area contributed by atoms with Crippen LogP contribution in [0.4, 0.5) is 4.79 Å². The smallest absolute Gasteiger partial charge is 0.323 e. The van der Waals surface area contributed by atoms with Crippen molar-refractivity contribution in [2.24, 2.45) is 0 Å². The van der Waals surface area contributed by atoms with Gasteiger partial charge in [0.2, 0.25) is 0 Å². The van der Waals surface area contributed by atoms with Crippen molar-refractivity contribution in [2.45, 2.75) is 26.8 Å². The van der Waals surface area contributed by atoms with E-state index in [9.17, 15) is 9.59 Å². The van der Waals surface area contributed by atoms with Gasteiger partial charge >= 0.3 is 12.0 Å². The summed E-state index contributed by atoms with van der Waals surface area (Å²) < 4.78 is 4.92. The second-order valence-electron chi connectivity index (χ2n) is 3.97. The standard InChI is InChI=1S/C11H22N2O4/c1-5-12(6-7-17-4)11(16)13(9(2)3)8-10(14)15/h9H,5-8H2,1-4H3,(H,14,15). The summed E-state index contributed by atoms with van der Waals surface area (Å²) in [7, 11) is 1.57. The molecule has 0 saturated heterocycles. The lowest BCUT2D eigenvalue weighted by atomic mass is 10.3. The highest BCUT2D eigenvalue weighted by Gasteiger charge is 2.23. The number of carbonyl (C=O) groups is 2. The molecule has 6 heteroatoms. The van der Waals surface area contributed by atoms with Crippen LogP contribution in [0.5, 0.6) is 0 Å². The average Bonchev–Trinajstić information content (AvgIpc) is 2.26. The molecule has 2 amide bonds. The highest BCUT2D eigenvalue weighted by molar-refractivity contribution is 5.80. The first kappa shape index (κ1) is 15.7. The van der Waals surface area contributed by atoms with Crippen molar-refractivity contribution in [2.75, 3.05) is 33.4 Å². The van der Waals surface area contributed by atoms with Gasteiger partial charge in [-0.25, -0.2) is 4.79 Å². The van der Waals surface area contributed by atoms with Crippen LogP contribution < -0.4 is 0 Å². The fourth-order valence-corrected chi connectivity index (χ4v) is 1.39. The SMILES string of the molecule is CCN(CCOC)C(=O)N(CC(=O)O)C(C)C. The first-order valence-electron chi connectivity index (χ1n) is 5.70. The fourth-order valence-electron chi connectivity index (χ4n) is 1.39. The molecule has 6 nitrogen and oxygen atoms in total. The lowest BCUT2D eigenvalue weighted by molar-refractivity contribution is -0.138. The van der Waals surface area contributed by atoms with Gasteiger partial charge in [-0.2, -0.15) is 0 Å². The number of urea groups is 1. The van der Waals surface area contributed by atoms with Gasteiger partial charge in [0.25, 0.3) is 0 Å². The van der Waals surface area contributed by atoms with Crippen LogP contribution in [-0.4, -0.2) is 66.3 Å². The van der Waals surface area contributed by atoms with Gasteiger partial charge in [0, 0.05) is 26.2 Å². The van der Waals surface area contributed by atoms with E-state index in [1.807, 2.05) is 6.92 Å². The summed E-state index contributed by atoms with van der Waals surface area (Å²) in [5.41, 5.74) is 0. The van der Waals surface area contributed by atoms with E-state index in [-0.39, 0.29) is 18.6 Å². The molecule has 0 atom stereocenters. The Morgan fingerprint density at radius 2 is 1.94 bits per heavy atom. The molecule has 0 spiro atoms. The molecule has 100 valence electrons. The molecule has 0 radical (unpaired) electrons. The molecule has 0 rings (SSSR count). The highest BCUT2D eigenvalue weighted by atomic mass is 16.5. The van der Waals surface area contributed by atoms with Crippen LogP contribution in [0.15, 0.2) is 0 Å². The van der Waals surface area contributed by atoms with Gasteiger partial charge in [0.1, 0.15) is 6.54 Å². The summed E-state index contributed by atoms with van der Waals surface area (Å²) in [5.74, 6) is -1.00. The minimum absolute atomic E-state index is 0.143. The third-order valence-corrected chi connectivity index (χ3v) is 2.39. The van der Waals surface area contributed by atoms with Crippen LogP contribution in [-0.2, 0) is 9.53 Å². The molecule has 0 unspecified atom stereocenters. The van der Waals surface area contributed by atoms with Crippen molar-refractivity contribution in [3.05, 3.63) is 0 Å². The maximum Gasteiger partial charge on any atom is 0.323 e. The Labute approximate surface area is 102 Å². The number of carboxylic acids is 1. The molecule has 1 N–H and O–H groups in total. The number of hydrogen-bond donors (Lipinski definition) is 1. The van der Waals surface area contributed by atoms with Gasteiger partial charge in [-0.15, -0.1) is 0 Å². The Balaban J connectivity index is 4.60. The van der Waals surface area contributed by atoms with Crippen LogP contribution in [0.3, 0.4) is 0 Å². The van der Waals surface area contributed by atoms with E-state index in [0.717, 1.165) is 0 Å². The lowest BCUT2D eigenvalue weighted by Crippen LogP contribution is -2.49. The van der Waals surface area contributed by atoms with Crippen molar-refractivity contribution in [3.8, 4) is 0 Å². The van der Waals surface area contributed by atoms with E-state index in [4.69, 9.17) is 9.84 Å². The quantitative estimate of drug-likeness (QED) is 0.723. The number of carbonyl (C=O) groups excluding carboxylic acids is 1. The van der Waals surface area contributed by atoms with Crippen LogP contribution in [0, 0.1) is 0 Å². The molecule has 0 aliphatic rings. The summed E-state index contributed by atoms with van der Waals surface area (Å²) in [6.07, 6.45) is 0.